The minimum Gasteiger partial charge on any atom is -0.372 e. The Hall–Kier alpha value is -2.33. The lowest BCUT2D eigenvalue weighted by molar-refractivity contribution is -0.0281. The predicted molar refractivity (Wildman–Crippen MR) is 74.8 cm³/mol. The van der Waals surface area contributed by atoms with Crippen LogP contribution in [0, 0.1) is 0 Å². The zero-order chi connectivity index (χ0) is 14.9. The van der Waals surface area contributed by atoms with Crippen molar-refractivity contribution in [1.29, 1.82) is 0 Å². The summed E-state index contributed by atoms with van der Waals surface area (Å²) >= 11 is 0. The van der Waals surface area contributed by atoms with Crippen LogP contribution in [0.15, 0.2) is 12.7 Å². The third-order valence-corrected chi connectivity index (χ3v) is 3.07. The predicted octanol–water partition coefficient (Wildman–Crippen LogP) is -0.647. The Morgan fingerprint density at radius 1 is 1.29 bits per heavy atom. The summed E-state index contributed by atoms with van der Waals surface area (Å²) in [5.41, 5.74) is 2.19. The summed E-state index contributed by atoms with van der Waals surface area (Å²) in [5, 5.41) is 4.02. The molecule has 112 valence electrons. The van der Waals surface area contributed by atoms with Gasteiger partial charge >= 0.3 is 0 Å². The van der Waals surface area contributed by atoms with Crippen LogP contribution in [0.5, 0.6) is 0 Å². The van der Waals surface area contributed by atoms with Gasteiger partial charge in [0.1, 0.15) is 12.7 Å². The normalized spacial score (nSPS) is 17.8. The lowest BCUT2D eigenvalue weighted by Gasteiger charge is -2.38. The maximum atomic E-state index is 5.70. The van der Waals surface area contributed by atoms with E-state index in [0.29, 0.717) is 31.6 Å². The third-order valence-electron chi connectivity index (χ3n) is 3.07. The third kappa shape index (κ3) is 2.90. The summed E-state index contributed by atoms with van der Waals surface area (Å²) in [4.78, 5) is 18.8. The van der Waals surface area contributed by atoms with Crippen molar-refractivity contribution in [2.75, 3.05) is 30.0 Å². The van der Waals surface area contributed by atoms with Crippen LogP contribution in [-0.2, 0) is 4.74 Å². The summed E-state index contributed by atoms with van der Waals surface area (Å²) in [7, 11) is 0. The minimum atomic E-state index is -0.255. The summed E-state index contributed by atoms with van der Waals surface area (Å²) in [6.07, 6.45) is 2.93. The van der Waals surface area contributed by atoms with Gasteiger partial charge in [-0.25, -0.2) is 10.8 Å². The second kappa shape index (κ2) is 5.22. The molecule has 0 unspecified atom stereocenters. The van der Waals surface area contributed by atoms with Gasteiger partial charge in [-0.3, -0.25) is 5.43 Å². The molecule has 0 spiro atoms. The number of anilines is 2. The molecule has 1 aliphatic heterocycles. The molecule has 2 aromatic rings. The number of nitrogens with two attached hydrogens (primary N) is 1. The standard InChI is InChI=1S/C11H17N9O/c1-11(2)5-19(3-4-21-11)9-15-8(18-12)16-10(17-9)20-7-13-6-14-20/h6-7H,3-5,12H2,1-2H3,(H,15,16,17,18). The number of nitrogen functional groups attached to an aromatic ring is 1. The fraction of sp³-hybridized carbons (Fsp3) is 0.545. The highest BCUT2D eigenvalue weighted by molar-refractivity contribution is 5.40. The van der Waals surface area contributed by atoms with Crippen molar-refractivity contribution in [3.8, 4) is 5.95 Å². The lowest BCUT2D eigenvalue weighted by atomic mass is 10.1. The first kappa shape index (κ1) is 13.6. The van der Waals surface area contributed by atoms with E-state index in [0.717, 1.165) is 0 Å². The number of nitrogens with zero attached hydrogens (tertiary/aromatic N) is 7. The first-order valence-electron chi connectivity index (χ1n) is 6.54. The van der Waals surface area contributed by atoms with Crippen LogP contribution in [0.4, 0.5) is 11.9 Å². The van der Waals surface area contributed by atoms with Gasteiger partial charge in [0.15, 0.2) is 0 Å². The Balaban J connectivity index is 1.96. The SMILES string of the molecule is CC1(C)CN(c2nc(NN)nc(-n3cncn3)n2)CCO1. The summed E-state index contributed by atoms with van der Waals surface area (Å²) in [6.45, 7) is 6.05. The van der Waals surface area contributed by atoms with E-state index in [-0.39, 0.29) is 11.5 Å². The molecule has 0 aliphatic carbocycles. The van der Waals surface area contributed by atoms with Crippen molar-refractivity contribution >= 4 is 11.9 Å². The average Bonchev–Trinajstić information content (AvgIpc) is 3.00. The second-order valence-electron chi connectivity index (χ2n) is 5.27. The molecule has 0 radical (unpaired) electrons. The molecule has 0 bridgehead atoms. The molecule has 21 heavy (non-hydrogen) atoms. The van der Waals surface area contributed by atoms with Crippen molar-refractivity contribution in [2.24, 2.45) is 5.84 Å². The van der Waals surface area contributed by atoms with Gasteiger partial charge in [-0.05, 0) is 13.8 Å². The number of nitrogens with one attached hydrogen (secondary N) is 1. The summed E-state index contributed by atoms with van der Waals surface area (Å²) in [5.74, 6) is 6.59. The van der Waals surface area contributed by atoms with Crippen LogP contribution < -0.4 is 16.2 Å². The van der Waals surface area contributed by atoms with E-state index in [9.17, 15) is 0 Å². The number of aromatic nitrogens is 6. The van der Waals surface area contributed by atoms with Gasteiger partial charge in [-0.1, -0.05) is 0 Å². The first-order valence-corrected chi connectivity index (χ1v) is 6.54. The number of rotatable bonds is 3. The van der Waals surface area contributed by atoms with Crippen LogP contribution in [-0.4, -0.2) is 55.0 Å². The molecular formula is C11H17N9O. The summed E-state index contributed by atoms with van der Waals surface area (Å²) in [6, 6.07) is 0. The maximum absolute atomic E-state index is 5.70. The Kier molecular flexibility index (Phi) is 3.39. The number of hydrogen-bond donors (Lipinski definition) is 2. The van der Waals surface area contributed by atoms with Gasteiger partial charge in [0.25, 0.3) is 5.95 Å². The lowest BCUT2D eigenvalue weighted by Crippen LogP contribution is -2.49. The van der Waals surface area contributed by atoms with Crippen molar-refractivity contribution < 1.29 is 4.74 Å². The highest BCUT2D eigenvalue weighted by atomic mass is 16.5. The molecule has 3 heterocycles. The number of morpholine rings is 1. The molecule has 10 heteroatoms. The minimum absolute atomic E-state index is 0.255. The maximum Gasteiger partial charge on any atom is 0.258 e. The van der Waals surface area contributed by atoms with Gasteiger partial charge in [-0.2, -0.15) is 24.7 Å². The molecule has 1 aliphatic rings. The molecule has 10 nitrogen and oxygen atoms in total. The van der Waals surface area contributed by atoms with E-state index in [1.54, 1.807) is 0 Å². The second-order valence-corrected chi connectivity index (χ2v) is 5.27. The van der Waals surface area contributed by atoms with E-state index in [2.05, 4.69) is 30.5 Å². The van der Waals surface area contributed by atoms with Gasteiger partial charge in [0.2, 0.25) is 11.9 Å². The molecule has 3 N–H and O–H groups in total. The van der Waals surface area contributed by atoms with Gasteiger partial charge in [0, 0.05) is 13.1 Å². The average molecular weight is 291 g/mol. The molecule has 2 aromatic heterocycles. The number of hydrogen-bond acceptors (Lipinski definition) is 9. The Labute approximate surface area is 121 Å². The molecule has 1 fully saturated rings. The zero-order valence-electron chi connectivity index (χ0n) is 11.9. The van der Waals surface area contributed by atoms with E-state index in [1.807, 2.05) is 18.7 Å². The van der Waals surface area contributed by atoms with E-state index in [4.69, 9.17) is 10.6 Å². The van der Waals surface area contributed by atoms with Crippen LogP contribution in [0.25, 0.3) is 5.95 Å². The van der Waals surface area contributed by atoms with Crippen LogP contribution in [0.1, 0.15) is 13.8 Å². The van der Waals surface area contributed by atoms with Crippen molar-refractivity contribution in [3.63, 3.8) is 0 Å². The van der Waals surface area contributed by atoms with Gasteiger partial charge in [-0.15, -0.1) is 0 Å². The van der Waals surface area contributed by atoms with Gasteiger partial charge < -0.3 is 9.64 Å². The Morgan fingerprint density at radius 3 is 2.76 bits per heavy atom. The molecule has 0 aromatic carbocycles. The highest BCUT2D eigenvalue weighted by Crippen LogP contribution is 2.21. The van der Waals surface area contributed by atoms with E-state index >= 15 is 0 Å². The highest BCUT2D eigenvalue weighted by Gasteiger charge is 2.29. The van der Waals surface area contributed by atoms with Gasteiger partial charge in [0.05, 0.1) is 12.2 Å². The van der Waals surface area contributed by atoms with E-state index < -0.39 is 0 Å². The van der Waals surface area contributed by atoms with E-state index in [1.165, 1.54) is 17.3 Å². The monoisotopic (exact) mass is 291 g/mol. The fourth-order valence-corrected chi connectivity index (χ4v) is 2.16. The van der Waals surface area contributed by atoms with Crippen LogP contribution in [0.2, 0.25) is 0 Å². The van der Waals surface area contributed by atoms with Crippen molar-refractivity contribution in [3.05, 3.63) is 12.7 Å². The molecule has 1 saturated heterocycles. The molecule has 3 rings (SSSR count). The summed E-state index contributed by atoms with van der Waals surface area (Å²) < 4.78 is 7.15. The Morgan fingerprint density at radius 2 is 2.10 bits per heavy atom. The first-order chi connectivity index (χ1) is 10.1. The van der Waals surface area contributed by atoms with Crippen LogP contribution in [0.3, 0.4) is 0 Å². The largest absolute Gasteiger partial charge is 0.372 e. The molecule has 0 amide bonds. The Bertz CT molecular complexity index is 612. The molecular weight excluding hydrogens is 274 g/mol. The topological polar surface area (TPSA) is 120 Å². The number of ether oxygens (including phenoxy) is 1. The fourth-order valence-electron chi connectivity index (χ4n) is 2.16. The number of hydrazine groups is 1. The molecule has 0 saturated carbocycles. The van der Waals surface area contributed by atoms with Crippen molar-refractivity contribution in [1.82, 2.24) is 29.7 Å². The van der Waals surface area contributed by atoms with Crippen molar-refractivity contribution in [2.45, 2.75) is 19.4 Å². The smallest absolute Gasteiger partial charge is 0.258 e. The van der Waals surface area contributed by atoms with Crippen LogP contribution >= 0.6 is 0 Å². The molecule has 0 atom stereocenters. The zero-order valence-corrected chi connectivity index (χ0v) is 11.9. The quantitative estimate of drug-likeness (QED) is 0.561.